The number of benzene rings is 1. The Bertz CT molecular complexity index is 819. The van der Waals surface area contributed by atoms with E-state index in [0.29, 0.717) is 57.2 Å². The summed E-state index contributed by atoms with van der Waals surface area (Å²) in [5.41, 5.74) is 0.488. The fourth-order valence-electron chi connectivity index (χ4n) is 4.56. The number of nitrogens with zero attached hydrogens (tertiary/aromatic N) is 2. The van der Waals surface area contributed by atoms with Crippen LogP contribution in [0.3, 0.4) is 0 Å². The van der Waals surface area contributed by atoms with Gasteiger partial charge in [0.25, 0.3) is 5.91 Å². The summed E-state index contributed by atoms with van der Waals surface area (Å²) in [6.45, 7) is 3.51. The van der Waals surface area contributed by atoms with Crippen molar-refractivity contribution in [1.29, 1.82) is 0 Å². The molecule has 0 atom stereocenters. The number of piperidine rings is 1. The van der Waals surface area contributed by atoms with Gasteiger partial charge in [0.15, 0.2) is 0 Å². The molecule has 1 saturated heterocycles. The molecule has 1 aromatic carbocycles. The molecule has 1 N–H and O–H groups in total. The van der Waals surface area contributed by atoms with E-state index < -0.39 is 5.97 Å². The molecule has 0 radical (unpaired) electrons. The van der Waals surface area contributed by atoms with Crippen LogP contribution in [0, 0.1) is 5.41 Å². The second kappa shape index (κ2) is 12.0. The molecule has 2 heterocycles. The number of hydrogen-bond acceptors (Lipinski definition) is 5. The summed E-state index contributed by atoms with van der Waals surface area (Å²) < 4.78 is 12.0. The summed E-state index contributed by atoms with van der Waals surface area (Å²) >= 11 is 0. The first kappa shape index (κ1) is 25.0. The number of hydrogen-bond donors (Lipinski definition) is 1. The predicted octanol–water partition coefficient (Wildman–Crippen LogP) is 3.20. The number of para-hydroxylation sites is 1. The SMILES string of the molecule is CN1CCOCCCCC2(CCN(C(=O)CCCC(=O)O)CC2)COc2ccccc2C1=O. The largest absolute Gasteiger partial charge is 0.492 e. The maximum atomic E-state index is 12.9. The minimum atomic E-state index is -0.869. The van der Waals surface area contributed by atoms with Crippen molar-refractivity contribution in [3.8, 4) is 5.75 Å². The molecule has 1 aromatic rings. The van der Waals surface area contributed by atoms with Crippen LogP contribution in [0.5, 0.6) is 5.75 Å². The van der Waals surface area contributed by atoms with Crippen molar-refractivity contribution in [2.75, 3.05) is 46.5 Å². The Kier molecular flexibility index (Phi) is 9.11. The first-order valence-corrected chi connectivity index (χ1v) is 11.9. The summed E-state index contributed by atoms with van der Waals surface area (Å²) in [5, 5.41) is 8.80. The minimum Gasteiger partial charge on any atom is -0.492 e. The van der Waals surface area contributed by atoms with E-state index in [1.165, 1.54) is 0 Å². The van der Waals surface area contributed by atoms with Crippen LogP contribution in [-0.2, 0) is 14.3 Å². The second-order valence-corrected chi connectivity index (χ2v) is 9.21. The topological polar surface area (TPSA) is 96.4 Å². The van der Waals surface area contributed by atoms with Crippen LogP contribution in [-0.4, -0.2) is 79.2 Å². The molecule has 33 heavy (non-hydrogen) atoms. The zero-order chi connectivity index (χ0) is 23.7. The molecule has 8 heteroatoms. The summed E-state index contributed by atoms with van der Waals surface area (Å²) in [5.74, 6) is -0.326. The third kappa shape index (κ3) is 7.19. The van der Waals surface area contributed by atoms with Crippen molar-refractivity contribution in [2.45, 2.75) is 51.4 Å². The smallest absolute Gasteiger partial charge is 0.303 e. The van der Waals surface area contributed by atoms with E-state index in [4.69, 9.17) is 14.6 Å². The van der Waals surface area contributed by atoms with E-state index in [0.717, 1.165) is 32.1 Å². The number of carboxylic acid groups (broad SMARTS) is 1. The lowest BCUT2D eigenvalue weighted by Crippen LogP contribution is -2.45. The number of rotatable bonds is 4. The Morgan fingerprint density at radius 3 is 2.55 bits per heavy atom. The Balaban J connectivity index is 1.68. The van der Waals surface area contributed by atoms with Gasteiger partial charge in [-0.1, -0.05) is 18.6 Å². The lowest BCUT2D eigenvalue weighted by atomic mass is 9.75. The molecular weight excluding hydrogens is 424 g/mol. The number of carbonyl (C=O) groups is 3. The third-order valence-electron chi connectivity index (χ3n) is 6.77. The zero-order valence-corrected chi connectivity index (χ0v) is 19.6. The van der Waals surface area contributed by atoms with Gasteiger partial charge in [0.1, 0.15) is 5.75 Å². The number of carboxylic acids is 1. The second-order valence-electron chi connectivity index (χ2n) is 9.21. The fraction of sp³-hybridized carbons (Fsp3) is 0.640. The van der Waals surface area contributed by atoms with Crippen LogP contribution in [0.25, 0.3) is 0 Å². The van der Waals surface area contributed by atoms with E-state index in [9.17, 15) is 14.4 Å². The van der Waals surface area contributed by atoms with E-state index in [2.05, 4.69) is 0 Å². The first-order chi connectivity index (χ1) is 15.9. The molecule has 2 aliphatic heterocycles. The van der Waals surface area contributed by atoms with Crippen molar-refractivity contribution in [3.63, 3.8) is 0 Å². The van der Waals surface area contributed by atoms with Crippen LogP contribution in [0.1, 0.15) is 61.7 Å². The van der Waals surface area contributed by atoms with Gasteiger partial charge < -0.3 is 24.4 Å². The van der Waals surface area contributed by atoms with Gasteiger partial charge >= 0.3 is 5.97 Å². The number of amides is 2. The number of likely N-dealkylation sites (N-methyl/N-ethyl adjacent to an activating group) is 1. The summed E-state index contributed by atoms with van der Waals surface area (Å²) in [6.07, 6.45) is 5.28. The van der Waals surface area contributed by atoms with Crippen LogP contribution in [0.2, 0.25) is 0 Å². The molecule has 0 aromatic heterocycles. The minimum absolute atomic E-state index is 0.0206. The predicted molar refractivity (Wildman–Crippen MR) is 123 cm³/mol. The van der Waals surface area contributed by atoms with E-state index >= 15 is 0 Å². The molecule has 2 amide bonds. The van der Waals surface area contributed by atoms with Crippen molar-refractivity contribution < 1.29 is 29.0 Å². The lowest BCUT2D eigenvalue weighted by molar-refractivity contribution is -0.137. The molecule has 182 valence electrons. The van der Waals surface area contributed by atoms with Crippen LogP contribution < -0.4 is 4.74 Å². The molecular formula is C25H36N2O6. The molecule has 3 rings (SSSR count). The molecule has 0 bridgehead atoms. The highest BCUT2D eigenvalue weighted by atomic mass is 16.5. The highest BCUT2D eigenvalue weighted by Crippen LogP contribution is 2.38. The van der Waals surface area contributed by atoms with E-state index in [-0.39, 0.29) is 30.1 Å². The molecule has 2 aliphatic rings. The van der Waals surface area contributed by atoms with Gasteiger partial charge in [-0.25, -0.2) is 0 Å². The molecule has 8 nitrogen and oxygen atoms in total. The first-order valence-electron chi connectivity index (χ1n) is 11.9. The van der Waals surface area contributed by atoms with E-state index in [1.807, 2.05) is 23.1 Å². The van der Waals surface area contributed by atoms with Crippen LogP contribution in [0.15, 0.2) is 24.3 Å². The lowest BCUT2D eigenvalue weighted by Gasteiger charge is -2.42. The summed E-state index contributed by atoms with van der Waals surface area (Å²) in [7, 11) is 1.78. The number of fused-ring (bicyclic) bond motifs is 1. The van der Waals surface area contributed by atoms with Gasteiger partial charge in [-0.2, -0.15) is 0 Å². The standard InChI is InChI=1S/C25H36N2O6/c1-26-16-18-32-17-5-4-11-25(19-33-21-8-3-2-7-20(21)24(26)31)12-14-27(15-13-25)22(28)9-6-10-23(29)30/h2-3,7-8H,4-6,9-19H2,1H3,(H,29,30). The molecule has 0 saturated carbocycles. The molecule has 1 fully saturated rings. The average Bonchev–Trinajstić information content (AvgIpc) is 2.81. The number of carbonyl (C=O) groups excluding carboxylic acids is 2. The Morgan fingerprint density at radius 2 is 1.79 bits per heavy atom. The summed E-state index contributed by atoms with van der Waals surface area (Å²) in [6, 6.07) is 7.37. The highest BCUT2D eigenvalue weighted by molar-refractivity contribution is 5.96. The third-order valence-corrected chi connectivity index (χ3v) is 6.77. The normalized spacial score (nSPS) is 20.0. The quantitative estimate of drug-likeness (QED) is 0.741. The Hall–Kier alpha value is -2.61. The number of aliphatic carboxylic acids is 1. The number of ether oxygens (including phenoxy) is 2. The monoisotopic (exact) mass is 460 g/mol. The van der Waals surface area contributed by atoms with Gasteiger partial charge in [0.2, 0.25) is 5.91 Å². The Morgan fingerprint density at radius 1 is 1.03 bits per heavy atom. The van der Waals surface area contributed by atoms with Gasteiger partial charge in [-0.3, -0.25) is 14.4 Å². The van der Waals surface area contributed by atoms with Crippen LogP contribution in [0.4, 0.5) is 0 Å². The molecule has 0 unspecified atom stereocenters. The van der Waals surface area contributed by atoms with Crippen molar-refractivity contribution in [1.82, 2.24) is 9.80 Å². The zero-order valence-electron chi connectivity index (χ0n) is 19.6. The maximum absolute atomic E-state index is 12.9. The van der Waals surface area contributed by atoms with Crippen molar-refractivity contribution >= 4 is 17.8 Å². The van der Waals surface area contributed by atoms with Crippen molar-refractivity contribution in [3.05, 3.63) is 29.8 Å². The van der Waals surface area contributed by atoms with Crippen LogP contribution >= 0.6 is 0 Å². The van der Waals surface area contributed by atoms with Gasteiger partial charge in [0, 0.05) is 51.5 Å². The highest BCUT2D eigenvalue weighted by Gasteiger charge is 2.36. The molecule has 0 aliphatic carbocycles. The van der Waals surface area contributed by atoms with Gasteiger partial charge in [-0.05, 0) is 44.2 Å². The maximum Gasteiger partial charge on any atom is 0.303 e. The Labute approximate surface area is 195 Å². The summed E-state index contributed by atoms with van der Waals surface area (Å²) in [4.78, 5) is 39.7. The molecule has 1 spiro atoms. The average molecular weight is 461 g/mol. The number of likely N-dealkylation sites (tertiary alicyclic amines) is 1. The fourth-order valence-corrected chi connectivity index (χ4v) is 4.56. The van der Waals surface area contributed by atoms with Gasteiger partial charge in [0.05, 0.1) is 18.8 Å². The van der Waals surface area contributed by atoms with E-state index in [1.54, 1.807) is 18.0 Å². The van der Waals surface area contributed by atoms with Gasteiger partial charge in [-0.15, -0.1) is 0 Å². The van der Waals surface area contributed by atoms with Crippen molar-refractivity contribution in [2.24, 2.45) is 5.41 Å².